The van der Waals surface area contributed by atoms with Crippen molar-refractivity contribution < 1.29 is 27.4 Å². The molecule has 12 heteroatoms. The van der Waals surface area contributed by atoms with Crippen molar-refractivity contribution in [2.75, 3.05) is 6.54 Å². The lowest BCUT2D eigenvalue weighted by molar-refractivity contribution is -0.137. The number of fused-ring (bicyclic) bond motifs is 3. The number of ether oxygens (including phenoxy) is 1. The molecule has 0 radical (unpaired) electrons. The summed E-state index contributed by atoms with van der Waals surface area (Å²) in [6.45, 7) is 3.95. The molecule has 3 aromatic carbocycles. The van der Waals surface area contributed by atoms with Crippen molar-refractivity contribution in [3.63, 3.8) is 0 Å². The van der Waals surface area contributed by atoms with Crippen LogP contribution in [0.2, 0.25) is 5.02 Å². The Morgan fingerprint density at radius 1 is 1.23 bits per heavy atom. The van der Waals surface area contributed by atoms with E-state index in [1.165, 1.54) is 4.31 Å². The lowest BCUT2D eigenvalue weighted by Crippen LogP contribution is -2.36. The Hall–Kier alpha value is -3.54. The number of benzene rings is 3. The maximum Gasteiger partial charge on any atom is 0.304 e. The van der Waals surface area contributed by atoms with Gasteiger partial charge in [-0.05, 0) is 78.1 Å². The van der Waals surface area contributed by atoms with E-state index in [1.807, 2.05) is 39.1 Å². The van der Waals surface area contributed by atoms with Gasteiger partial charge in [-0.1, -0.05) is 41.9 Å². The number of halogens is 2. The van der Waals surface area contributed by atoms with Gasteiger partial charge in [0, 0.05) is 25.6 Å². The molecule has 6 rings (SSSR count). The monoisotopic (exact) mass is 626 g/mol. The summed E-state index contributed by atoms with van der Waals surface area (Å²) in [6.07, 6.45) is 2.42. The minimum Gasteiger partial charge on any atom is -0.488 e. The van der Waals surface area contributed by atoms with Crippen LogP contribution in [0.4, 0.5) is 4.39 Å². The van der Waals surface area contributed by atoms with Gasteiger partial charge in [0.1, 0.15) is 28.1 Å². The lowest BCUT2D eigenvalue weighted by Gasteiger charge is -2.25. The van der Waals surface area contributed by atoms with Crippen LogP contribution in [0.15, 0.2) is 41.3 Å². The first-order chi connectivity index (χ1) is 20.5. The molecule has 2 atom stereocenters. The van der Waals surface area contributed by atoms with Gasteiger partial charge in [-0.25, -0.2) is 17.5 Å². The van der Waals surface area contributed by atoms with Crippen molar-refractivity contribution in [1.29, 1.82) is 0 Å². The van der Waals surface area contributed by atoms with E-state index in [0.29, 0.717) is 11.9 Å². The molecular formula is C31H32ClFN4O5S. The van der Waals surface area contributed by atoms with Gasteiger partial charge in [-0.15, -0.1) is 5.10 Å². The van der Waals surface area contributed by atoms with Crippen LogP contribution >= 0.6 is 11.6 Å². The minimum absolute atomic E-state index is 0.0494. The van der Waals surface area contributed by atoms with E-state index in [9.17, 15) is 22.7 Å². The van der Waals surface area contributed by atoms with E-state index in [1.54, 1.807) is 4.68 Å². The standard InChI is InChI=1S/C31H32ClFN4O5S/c1-4-21-16-37(43(40,41)29-13-25(32)26(33)14-28(29)42-21)15-20-11-19(10-18-6-5-7-23(18)20)24(12-30(38)39)22-8-9-27-31(17(22)2)34-35-36(27)3/h8-11,13-14,21,24H,4-7,12,15-16H2,1-3H3,(H,38,39)/t21-,24+/m1/s1. The summed E-state index contributed by atoms with van der Waals surface area (Å²) < 4.78 is 51.3. The van der Waals surface area contributed by atoms with Crippen LogP contribution in [0, 0.1) is 12.7 Å². The van der Waals surface area contributed by atoms with E-state index >= 15 is 0 Å². The molecule has 43 heavy (non-hydrogen) atoms. The van der Waals surface area contributed by atoms with Crippen molar-refractivity contribution >= 4 is 38.6 Å². The molecule has 1 aromatic heterocycles. The van der Waals surface area contributed by atoms with Gasteiger partial charge >= 0.3 is 5.97 Å². The normalized spacial score (nSPS) is 18.6. The second-order valence-electron chi connectivity index (χ2n) is 11.3. The number of carbonyl (C=O) groups is 1. The number of nitrogens with zero attached hydrogens (tertiary/aromatic N) is 4. The van der Waals surface area contributed by atoms with Crippen LogP contribution in [0.3, 0.4) is 0 Å². The van der Waals surface area contributed by atoms with Gasteiger partial charge in [0.15, 0.2) is 0 Å². The number of aliphatic carboxylic acids is 1. The molecule has 4 aromatic rings. The number of aromatic nitrogens is 3. The van der Waals surface area contributed by atoms with Crippen LogP contribution in [-0.4, -0.2) is 51.4 Å². The van der Waals surface area contributed by atoms with Crippen molar-refractivity contribution in [3.8, 4) is 5.75 Å². The average Bonchev–Trinajstić information content (AvgIpc) is 3.57. The topological polar surface area (TPSA) is 115 Å². The molecule has 0 fully saturated rings. The molecule has 0 unspecified atom stereocenters. The second-order valence-corrected chi connectivity index (χ2v) is 13.7. The minimum atomic E-state index is -4.10. The van der Waals surface area contributed by atoms with Gasteiger partial charge in [0.2, 0.25) is 10.0 Å². The van der Waals surface area contributed by atoms with E-state index in [4.69, 9.17) is 16.3 Å². The van der Waals surface area contributed by atoms with Crippen LogP contribution in [0.1, 0.15) is 65.5 Å². The number of rotatable bonds is 7. The molecule has 0 saturated heterocycles. The molecule has 2 heterocycles. The van der Waals surface area contributed by atoms with Crippen molar-refractivity contribution in [2.45, 2.75) is 69.4 Å². The van der Waals surface area contributed by atoms with Gasteiger partial charge in [-0.2, -0.15) is 4.31 Å². The number of hydrogen-bond donors (Lipinski definition) is 1. The molecular weight excluding hydrogens is 595 g/mol. The van der Waals surface area contributed by atoms with Crippen LogP contribution < -0.4 is 4.74 Å². The average molecular weight is 627 g/mol. The SMILES string of the molecule is CC[C@@H]1CN(Cc2cc([C@H](CC(=O)O)c3ccc4c(nnn4C)c3C)cc3c2CCC3)S(=O)(=O)c2cc(Cl)c(F)cc2O1. The summed E-state index contributed by atoms with van der Waals surface area (Å²) in [6, 6.07) is 10.0. The third-order valence-corrected chi connectivity index (χ3v) is 10.8. The Balaban J connectivity index is 1.46. The van der Waals surface area contributed by atoms with E-state index in [-0.39, 0.29) is 35.2 Å². The highest BCUT2D eigenvalue weighted by molar-refractivity contribution is 7.89. The predicted octanol–water partition coefficient (Wildman–Crippen LogP) is 5.53. The smallest absolute Gasteiger partial charge is 0.304 e. The Morgan fingerprint density at radius 2 is 2.02 bits per heavy atom. The highest BCUT2D eigenvalue weighted by Gasteiger charge is 2.36. The van der Waals surface area contributed by atoms with Crippen molar-refractivity contribution in [3.05, 3.63) is 80.6 Å². The van der Waals surface area contributed by atoms with Crippen LogP contribution in [-0.2, 0) is 41.3 Å². The second kappa shape index (κ2) is 11.2. The van der Waals surface area contributed by atoms with E-state index in [2.05, 4.69) is 16.4 Å². The van der Waals surface area contributed by atoms with Crippen molar-refractivity contribution in [2.24, 2.45) is 7.05 Å². The molecule has 0 amide bonds. The highest BCUT2D eigenvalue weighted by Crippen LogP contribution is 2.40. The largest absolute Gasteiger partial charge is 0.488 e. The van der Waals surface area contributed by atoms with E-state index < -0.39 is 33.8 Å². The molecule has 1 aliphatic heterocycles. The Bertz CT molecular complexity index is 1880. The fourth-order valence-electron chi connectivity index (χ4n) is 6.41. The summed E-state index contributed by atoms with van der Waals surface area (Å²) >= 11 is 6.02. The van der Waals surface area contributed by atoms with Crippen molar-refractivity contribution in [1.82, 2.24) is 19.3 Å². The quantitative estimate of drug-likeness (QED) is 0.287. The Kier molecular flexibility index (Phi) is 7.68. The number of hydrogen-bond acceptors (Lipinski definition) is 6. The maximum atomic E-state index is 14.3. The number of aryl methyl sites for hydroxylation is 3. The first kappa shape index (κ1) is 29.5. The molecule has 0 spiro atoms. The Morgan fingerprint density at radius 3 is 2.77 bits per heavy atom. The summed E-state index contributed by atoms with van der Waals surface area (Å²) in [5.74, 6) is -2.22. The van der Waals surface area contributed by atoms with Gasteiger partial charge in [0.05, 0.1) is 23.5 Å². The number of carboxylic acid groups (broad SMARTS) is 1. The van der Waals surface area contributed by atoms with E-state index in [0.717, 1.165) is 70.3 Å². The summed E-state index contributed by atoms with van der Waals surface area (Å²) in [4.78, 5) is 12.0. The zero-order chi connectivity index (χ0) is 30.6. The molecule has 0 bridgehead atoms. The summed E-state index contributed by atoms with van der Waals surface area (Å²) in [7, 11) is -2.30. The first-order valence-corrected chi connectivity index (χ1v) is 16.1. The van der Waals surface area contributed by atoms with Crippen LogP contribution in [0.5, 0.6) is 5.75 Å². The summed E-state index contributed by atoms with van der Waals surface area (Å²) in [5, 5.41) is 18.1. The molecule has 9 nitrogen and oxygen atoms in total. The lowest BCUT2D eigenvalue weighted by atomic mass is 9.83. The molecule has 1 N–H and O–H groups in total. The zero-order valence-electron chi connectivity index (χ0n) is 24.1. The number of sulfonamides is 1. The first-order valence-electron chi connectivity index (χ1n) is 14.3. The number of carboxylic acids is 1. The summed E-state index contributed by atoms with van der Waals surface area (Å²) in [5.41, 5.74) is 7.09. The van der Waals surface area contributed by atoms with Gasteiger partial charge in [-0.3, -0.25) is 4.79 Å². The fourth-order valence-corrected chi connectivity index (χ4v) is 8.22. The fraction of sp³-hybridized carbons (Fsp3) is 0.387. The maximum absolute atomic E-state index is 14.3. The predicted molar refractivity (Wildman–Crippen MR) is 160 cm³/mol. The third kappa shape index (κ3) is 5.27. The molecule has 0 saturated carbocycles. The molecule has 2 aliphatic rings. The van der Waals surface area contributed by atoms with Gasteiger partial charge in [0.25, 0.3) is 0 Å². The highest BCUT2D eigenvalue weighted by atomic mass is 35.5. The van der Waals surface area contributed by atoms with Crippen LogP contribution in [0.25, 0.3) is 11.0 Å². The zero-order valence-corrected chi connectivity index (χ0v) is 25.7. The molecule has 1 aliphatic carbocycles. The molecule has 226 valence electrons. The third-order valence-electron chi connectivity index (χ3n) is 8.67. The van der Waals surface area contributed by atoms with Gasteiger partial charge < -0.3 is 9.84 Å². The Labute approximate surface area is 254 Å².